The van der Waals surface area contributed by atoms with Gasteiger partial charge in [0.1, 0.15) is 23.3 Å². The number of carbonyl (C=O) groups excluding carboxylic acids is 1. The lowest BCUT2D eigenvalue weighted by molar-refractivity contribution is -0.0230. The maximum Gasteiger partial charge on any atom is 0.332 e. The van der Waals surface area contributed by atoms with Crippen LogP contribution in [-0.4, -0.2) is 44.6 Å². The van der Waals surface area contributed by atoms with Gasteiger partial charge in [0.15, 0.2) is 0 Å². The van der Waals surface area contributed by atoms with Gasteiger partial charge in [-0.15, -0.1) is 0 Å². The van der Waals surface area contributed by atoms with Gasteiger partial charge >= 0.3 is 5.69 Å². The van der Waals surface area contributed by atoms with E-state index in [4.69, 9.17) is 4.74 Å². The monoisotopic (exact) mass is 398 g/mol. The highest BCUT2D eigenvalue weighted by Crippen LogP contribution is 2.23. The average Bonchev–Trinajstić information content (AvgIpc) is 2.76. The Bertz CT molecular complexity index is 1220. The van der Waals surface area contributed by atoms with Gasteiger partial charge in [-0.2, -0.15) is 0 Å². The Morgan fingerprint density at radius 3 is 2.55 bits per heavy atom. The third kappa shape index (κ3) is 3.33. The zero-order chi connectivity index (χ0) is 20.7. The van der Waals surface area contributed by atoms with Gasteiger partial charge in [-0.05, 0) is 29.8 Å². The predicted octanol–water partition coefficient (Wildman–Crippen LogP) is 0.985. The molecular formula is C20H19FN4O4. The number of hydrogen-bond acceptors (Lipinski definition) is 5. The van der Waals surface area contributed by atoms with Crippen LogP contribution in [0.25, 0.3) is 11.0 Å². The van der Waals surface area contributed by atoms with Crippen LogP contribution in [0, 0.1) is 5.82 Å². The number of rotatable bonds is 2. The van der Waals surface area contributed by atoms with Gasteiger partial charge in [0.25, 0.3) is 11.5 Å². The second-order valence-corrected chi connectivity index (χ2v) is 6.94. The minimum atomic E-state index is -0.512. The largest absolute Gasteiger partial charge is 0.370 e. The fraction of sp³-hybridized carbons (Fsp3) is 0.300. The fourth-order valence-electron chi connectivity index (χ4n) is 3.45. The Morgan fingerprint density at radius 1 is 1.10 bits per heavy atom. The van der Waals surface area contributed by atoms with Crippen molar-refractivity contribution >= 4 is 16.9 Å². The van der Waals surface area contributed by atoms with Gasteiger partial charge in [0.05, 0.1) is 18.5 Å². The molecule has 8 nitrogen and oxygen atoms in total. The normalized spacial score (nSPS) is 16.9. The standard InChI is InChI=1S/C20H19FN4O4/c1-23-17-14(18(26)24(2)20(23)28)7-8-15(22-17)19(27)25-9-10-29-16(11-25)12-3-5-13(21)6-4-12/h3-8,16H,9-11H2,1-2H3. The summed E-state index contributed by atoms with van der Waals surface area (Å²) in [7, 11) is 2.90. The average molecular weight is 398 g/mol. The smallest absolute Gasteiger partial charge is 0.332 e. The number of benzene rings is 1. The number of morpholine rings is 1. The van der Waals surface area contributed by atoms with Crippen molar-refractivity contribution in [1.29, 1.82) is 0 Å². The van der Waals surface area contributed by atoms with Crippen LogP contribution in [0.4, 0.5) is 4.39 Å². The first-order chi connectivity index (χ1) is 13.9. The molecule has 3 heterocycles. The zero-order valence-corrected chi connectivity index (χ0v) is 16.0. The minimum absolute atomic E-state index is 0.139. The second kappa shape index (κ2) is 7.25. The van der Waals surface area contributed by atoms with Crippen LogP contribution < -0.4 is 11.2 Å². The molecule has 0 aliphatic carbocycles. The molecule has 1 aliphatic heterocycles. The molecule has 9 heteroatoms. The van der Waals surface area contributed by atoms with Gasteiger partial charge < -0.3 is 9.64 Å². The van der Waals surface area contributed by atoms with E-state index < -0.39 is 11.2 Å². The van der Waals surface area contributed by atoms with Crippen molar-refractivity contribution in [3.05, 3.63) is 74.3 Å². The highest BCUT2D eigenvalue weighted by molar-refractivity contribution is 5.94. The summed E-state index contributed by atoms with van der Waals surface area (Å²) in [5.41, 5.74) is 0.105. The number of amides is 1. The summed E-state index contributed by atoms with van der Waals surface area (Å²) in [5, 5.41) is 0.261. The molecule has 1 amide bonds. The van der Waals surface area contributed by atoms with E-state index >= 15 is 0 Å². The molecule has 0 radical (unpaired) electrons. The Morgan fingerprint density at radius 2 is 1.83 bits per heavy atom. The molecule has 1 aromatic carbocycles. The predicted molar refractivity (Wildman–Crippen MR) is 103 cm³/mol. The summed E-state index contributed by atoms with van der Waals surface area (Å²) < 4.78 is 21.1. The number of ether oxygens (including phenoxy) is 1. The van der Waals surface area contributed by atoms with Gasteiger partial charge in [-0.25, -0.2) is 14.2 Å². The van der Waals surface area contributed by atoms with E-state index in [9.17, 15) is 18.8 Å². The van der Waals surface area contributed by atoms with Gasteiger partial charge in [-0.1, -0.05) is 12.1 Å². The molecule has 0 spiro atoms. The van der Waals surface area contributed by atoms with Gasteiger partial charge in [0, 0.05) is 20.6 Å². The second-order valence-electron chi connectivity index (χ2n) is 6.94. The SMILES string of the molecule is Cn1c(=O)c2ccc(C(=O)N3CCOC(c4ccc(F)cc4)C3)nc2n(C)c1=O. The van der Waals surface area contributed by atoms with Gasteiger partial charge in [-0.3, -0.25) is 18.7 Å². The maximum atomic E-state index is 13.2. The van der Waals surface area contributed by atoms with Crippen molar-refractivity contribution in [2.75, 3.05) is 19.7 Å². The Kier molecular flexibility index (Phi) is 4.75. The molecule has 1 unspecified atom stereocenters. The van der Waals surface area contributed by atoms with Crippen LogP contribution in [0.1, 0.15) is 22.2 Å². The minimum Gasteiger partial charge on any atom is -0.370 e. The van der Waals surface area contributed by atoms with Crippen molar-refractivity contribution in [3.63, 3.8) is 0 Å². The van der Waals surface area contributed by atoms with E-state index in [0.717, 1.165) is 10.1 Å². The molecule has 0 bridgehead atoms. The van der Waals surface area contributed by atoms with E-state index in [-0.39, 0.29) is 34.6 Å². The summed E-state index contributed by atoms with van der Waals surface area (Å²) in [6.45, 7) is 1.01. The highest BCUT2D eigenvalue weighted by Gasteiger charge is 2.27. The molecule has 1 fully saturated rings. The van der Waals surface area contributed by atoms with Crippen molar-refractivity contribution in [2.24, 2.45) is 14.1 Å². The fourth-order valence-corrected chi connectivity index (χ4v) is 3.45. The maximum absolute atomic E-state index is 13.2. The molecule has 150 valence electrons. The lowest BCUT2D eigenvalue weighted by Gasteiger charge is -2.33. The molecule has 1 aliphatic rings. The molecule has 1 atom stereocenters. The summed E-state index contributed by atoms with van der Waals surface area (Å²) in [4.78, 5) is 43.3. The first-order valence-corrected chi connectivity index (χ1v) is 9.10. The number of hydrogen-bond donors (Lipinski definition) is 0. The molecule has 0 N–H and O–H groups in total. The van der Waals surface area contributed by atoms with Crippen LogP contribution in [0.15, 0.2) is 46.0 Å². The van der Waals surface area contributed by atoms with E-state index in [1.165, 1.54) is 42.9 Å². The molecule has 4 rings (SSSR count). The van der Waals surface area contributed by atoms with Crippen LogP contribution in [0.3, 0.4) is 0 Å². The summed E-state index contributed by atoms with van der Waals surface area (Å²) >= 11 is 0. The Labute approximate surface area is 164 Å². The lowest BCUT2D eigenvalue weighted by Crippen LogP contribution is -2.43. The molecule has 1 saturated heterocycles. The van der Waals surface area contributed by atoms with E-state index in [1.807, 2.05) is 0 Å². The number of halogens is 1. The third-order valence-corrected chi connectivity index (χ3v) is 5.12. The summed E-state index contributed by atoms with van der Waals surface area (Å²) in [6, 6.07) is 8.96. The van der Waals surface area contributed by atoms with E-state index in [2.05, 4.69) is 4.98 Å². The van der Waals surface area contributed by atoms with Crippen molar-refractivity contribution in [1.82, 2.24) is 19.0 Å². The number of fused-ring (bicyclic) bond motifs is 1. The van der Waals surface area contributed by atoms with Crippen molar-refractivity contribution in [2.45, 2.75) is 6.10 Å². The number of pyridine rings is 1. The zero-order valence-electron chi connectivity index (χ0n) is 16.0. The first-order valence-electron chi connectivity index (χ1n) is 9.10. The van der Waals surface area contributed by atoms with Crippen LogP contribution in [0.5, 0.6) is 0 Å². The highest BCUT2D eigenvalue weighted by atomic mass is 19.1. The van der Waals surface area contributed by atoms with Gasteiger partial charge in [0.2, 0.25) is 0 Å². The number of aromatic nitrogens is 3. The van der Waals surface area contributed by atoms with Crippen LogP contribution in [0.2, 0.25) is 0 Å². The Hall–Kier alpha value is -3.33. The van der Waals surface area contributed by atoms with Crippen molar-refractivity contribution < 1.29 is 13.9 Å². The number of aryl methyl sites for hydroxylation is 1. The molecular weight excluding hydrogens is 379 g/mol. The third-order valence-electron chi connectivity index (χ3n) is 5.12. The number of nitrogens with zero attached hydrogens (tertiary/aromatic N) is 4. The molecule has 3 aromatic rings. The van der Waals surface area contributed by atoms with Crippen LogP contribution >= 0.6 is 0 Å². The van der Waals surface area contributed by atoms with E-state index in [1.54, 1.807) is 17.0 Å². The first kappa shape index (κ1) is 19.0. The molecule has 29 heavy (non-hydrogen) atoms. The number of carbonyl (C=O) groups is 1. The van der Waals surface area contributed by atoms with Crippen molar-refractivity contribution in [3.8, 4) is 0 Å². The lowest BCUT2D eigenvalue weighted by atomic mass is 10.1. The summed E-state index contributed by atoms with van der Waals surface area (Å²) in [5.74, 6) is -0.662. The quantitative estimate of drug-likeness (QED) is 0.643. The molecule has 2 aromatic heterocycles. The van der Waals surface area contributed by atoms with Crippen LogP contribution in [-0.2, 0) is 18.8 Å². The van der Waals surface area contributed by atoms with E-state index in [0.29, 0.717) is 19.7 Å². The topological polar surface area (TPSA) is 86.4 Å². The Balaban J connectivity index is 1.65. The summed E-state index contributed by atoms with van der Waals surface area (Å²) in [6.07, 6.45) is -0.370. The molecule has 0 saturated carbocycles.